The van der Waals surface area contributed by atoms with Gasteiger partial charge in [-0.1, -0.05) is 54.9 Å². The second kappa shape index (κ2) is 12.2. The predicted molar refractivity (Wildman–Crippen MR) is 136 cm³/mol. The van der Waals surface area contributed by atoms with Gasteiger partial charge in [0, 0.05) is 31.7 Å². The monoisotopic (exact) mass is 508 g/mol. The number of nitrogens with zero attached hydrogens (tertiary/aromatic N) is 3. The largest absolute Gasteiger partial charge is 0.352 e. The van der Waals surface area contributed by atoms with E-state index in [1.165, 1.54) is 19.0 Å². The maximum atomic E-state index is 13.7. The van der Waals surface area contributed by atoms with E-state index in [2.05, 4.69) is 5.32 Å². The van der Waals surface area contributed by atoms with Crippen molar-refractivity contribution in [2.75, 3.05) is 24.9 Å². The van der Waals surface area contributed by atoms with E-state index in [1.54, 1.807) is 54.6 Å². The first-order valence-corrected chi connectivity index (χ1v) is 12.8. The van der Waals surface area contributed by atoms with Crippen LogP contribution in [-0.4, -0.2) is 62.2 Å². The van der Waals surface area contributed by atoms with Gasteiger partial charge in [-0.15, -0.1) is 0 Å². The van der Waals surface area contributed by atoms with Crippen LogP contribution >= 0.6 is 11.6 Å². The van der Waals surface area contributed by atoms with E-state index >= 15 is 0 Å². The van der Waals surface area contributed by atoms with E-state index in [9.17, 15) is 18.0 Å². The zero-order valence-electron chi connectivity index (χ0n) is 20.2. The van der Waals surface area contributed by atoms with Crippen molar-refractivity contribution < 1.29 is 18.0 Å². The lowest BCUT2D eigenvalue weighted by molar-refractivity contribution is -0.140. The number of anilines is 1. The number of carbonyl (C=O) groups is 2. The van der Waals surface area contributed by atoms with Gasteiger partial charge < -0.3 is 10.2 Å². The molecule has 0 spiro atoms. The number of hydrogen-bond acceptors (Lipinski definition) is 4. The first kappa shape index (κ1) is 27.6. The SMILES string of the molecule is CC[C@H](C(=O)NC(C)C)N(Cc1ccccc1Cl)C(=O)CN(c1ccccc1)S(=O)(=O)N(C)C. The third kappa shape index (κ3) is 6.94. The van der Waals surface area contributed by atoms with Crippen molar-refractivity contribution in [1.82, 2.24) is 14.5 Å². The average Bonchev–Trinajstić information content (AvgIpc) is 2.78. The predicted octanol–water partition coefficient (Wildman–Crippen LogP) is 3.28. The van der Waals surface area contributed by atoms with Gasteiger partial charge in [0.1, 0.15) is 12.6 Å². The van der Waals surface area contributed by atoms with Gasteiger partial charge in [0.15, 0.2) is 0 Å². The number of hydrogen-bond donors (Lipinski definition) is 1. The molecule has 0 aliphatic carbocycles. The Morgan fingerprint density at radius 3 is 2.12 bits per heavy atom. The van der Waals surface area contributed by atoms with Crippen molar-refractivity contribution in [1.29, 1.82) is 0 Å². The van der Waals surface area contributed by atoms with Crippen molar-refractivity contribution in [2.45, 2.75) is 45.8 Å². The molecular weight excluding hydrogens is 476 g/mol. The average molecular weight is 509 g/mol. The molecule has 0 radical (unpaired) electrons. The minimum absolute atomic E-state index is 0.0627. The van der Waals surface area contributed by atoms with Crippen LogP contribution in [0.5, 0.6) is 0 Å². The summed E-state index contributed by atoms with van der Waals surface area (Å²) in [5.41, 5.74) is 1.01. The highest BCUT2D eigenvalue weighted by Crippen LogP contribution is 2.23. The number of amides is 2. The van der Waals surface area contributed by atoms with Gasteiger partial charge >= 0.3 is 10.2 Å². The maximum Gasteiger partial charge on any atom is 0.304 e. The number of nitrogens with one attached hydrogen (secondary N) is 1. The first-order chi connectivity index (χ1) is 16.0. The Kier molecular flexibility index (Phi) is 9.90. The third-order valence-electron chi connectivity index (χ3n) is 5.18. The van der Waals surface area contributed by atoms with Crippen molar-refractivity contribution in [3.63, 3.8) is 0 Å². The minimum Gasteiger partial charge on any atom is -0.352 e. The smallest absolute Gasteiger partial charge is 0.304 e. The molecule has 0 heterocycles. The fraction of sp³-hybridized carbons (Fsp3) is 0.417. The Bertz CT molecular complexity index is 1080. The van der Waals surface area contributed by atoms with E-state index < -0.39 is 28.7 Å². The Morgan fingerprint density at radius 1 is 1.00 bits per heavy atom. The lowest BCUT2D eigenvalue weighted by Gasteiger charge is -2.34. The first-order valence-electron chi connectivity index (χ1n) is 11.1. The maximum absolute atomic E-state index is 13.7. The zero-order valence-corrected chi connectivity index (χ0v) is 21.8. The summed E-state index contributed by atoms with van der Waals surface area (Å²) in [5.74, 6) is -0.820. The van der Waals surface area contributed by atoms with Crippen LogP contribution in [0.25, 0.3) is 0 Å². The molecule has 8 nitrogen and oxygen atoms in total. The number of para-hydroxylation sites is 1. The van der Waals surface area contributed by atoms with Crippen LogP contribution in [-0.2, 0) is 26.3 Å². The Hall–Kier alpha value is -2.62. The molecular formula is C24H33ClN4O4S. The van der Waals surface area contributed by atoms with E-state index in [4.69, 9.17) is 11.6 Å². The highest BCUT2D eigenvalue weighted by molar-refractivity contribution is 7.90. The summed E-state index contributed by atoms with van der Waals surface area (Å²) < 4.78 is 28.3. The highest BCUT2D eigenvalue weighted by atomic mass is 35.5. The molecule has 2 rings (SSSR count). The summed E-state index contributed by atoms with van der Waals surface area (Å²) in [6.07, 6.45) is 0.348. The summed E-state index contributed by atoms with van der Waals surface area (Å²) in [5, 5.41) is 3.32. The fourth-order valence-corrected chi connectivity index (χ4v) is 4.67. The van der Waals surface area contributed by atoms with Gasteiger partial charge in [-0.2, -0.15) is 12.7 Å². The summed E-state index contributed by atoms with van der Waals surface area (Å²) in [4.78, 5) is 28.1. The van der Waals surface area contributed by atoms with Crippen LogP contribution in [0.15, 0.2) is 54.6 Å². The van der Waals surface area contributed by atoms with Crippen molar-refractivity contribution >= 4 is 39.3 Å². The molecule has 1 atom stereocenters. The van der Waals surface area contributed by atoms with Gasteiger partial charge in [-0.3, -0.25) is 9.59 Å². The molecule has 0 bridgehead atoms. The molecule has 2 amide bonds. The topological polar surface area (TPSA) is 90.0 Å². The molecule has 186 valence electrons. The highest BCUT2D eigenvalue weighted by Gasteiger charge is 2.34. The standard InChI is InChI=1S/C24H33ClN4O4S/c1-6-22(24(31)26-18(2)3)28(16-19-12-10-11-15-21(19)25)23(30)17-29(34(32,33)27(4)5)20-13-8-7-9-14-20/h7-15,18,22H,6,16-17H2,1-5H3,(H,26,31)/t22-/m1/s1. The van der Waals surface area contributed by atoms with Gasteiger partial charge in [0.2, 0.25) is 11.8 Å². The Morgan fingerprint density at radius 2 is 1.59 bits per heavy atom. The summed E-state index contributed by atoms with van der Waals surface area (Å²) in [6, 6.07) is 14.5. The van der Waals surface area contributed by atoms with Crippen LogP contribution in [0.2, 0.25) is 5.02 Å². The Balaban J connectivity index is 2.49. The molecule has 0 aromatic heterocycles. The molecule has 0 aliphatic heterocycles. The number of rotatable bonds is 11. The van der Waals surface area contributed by atoms with Crippen LogP contribution in [0, 0.1) is 0 Å². The molecule has 0 aliphatic rings. The van der Waals surface area contributed by atoms with Crippen LogP contribution in [0.3, 0.4) is 0 Å². The summed E-state index contributed by atoms with van der Waals surface area (Å²) in [7, 11) is -1.17. The molecule has 10 heteroatoms. The quantitative estimate of drug-likeness (QED) is 0.504. The number of carbonyl (C=O) groups excluding carboxylic acids is 2. The van der Waals surface area contributed by atoms with E-state index in [0.717, 1.165) is 8.61 Å². The summed E-state index contributed by atoms with van der Waals surface area (Å²) in [6.45, 7) is 5.08. The van der Waals surface area contributed by atoms with Crippen LogP contribution < -0.4 is 9.62 Å². The van der Waals surface area contributed by atoms with Crippen molar-refractivity contribution in [2.24, 2.45) is 0 Å². The molecule has 2 aromatic rings. The lowest BCUT2D eigenvalue weighted by atomic mass is 10.1. The minimum atomic E-state index is -3.98. The number of benzene rings is 2. The molecule has 0 saturated heterocycles. The normalized spacial score (nSPS) is 12.5. The van der Waals surface area contributed by atoms with Gasteiger partial charge in [0.05, 0.1) is 5.69 Å². The molecule has 34 heavy (non-hydrogen) atoms. The molecule has 1 N–H and O–H groups in total. The van der Waals surface area contributed by atoms with E-state index in [1.807, 2.05) is 20.8 Å². The molecule has 2 aromatic carbocycles. The van der Waals surface area contributed by atoms with Crippen LogP contribution in [0.4, 0.5) is 5.69 Å². The molecule has 0 saturated carbocycles. The van der Waals surface area contributed by atoms with Gasteiger partial charge in [-0.05, 0) is 44.0 Å². The third-order valence-corrected chi connectivity index (χ3v) is 7.37. The van der Waals surface area contributed by atoms with E-state index in [0.29, 0.717) is 22.7 Å². The fourth-order valence-electron chi connectivity index (χ4n) is 3.42. The summed E-state index contributed by atoms with van der Waals surface area (Å²) >= 11 is 6.35. The zero-order chi connectivity index (χ0) is 25.5. The Labute approximate surface area is 207 Å². The van der Waals surface area contributed by atoms with Crippen LogP contribution in [0.1, 0.15) is 32.8 Å². The molecule has 0 fully saturated rings. The number of halogens is 1. The van der Waals surface area contributed by atoms with Gasteiger partial charge in [-0.25, -0.2) is 4.31 Å². The molecule has 0 unspecified atom stereocenters. The van der Waals surface area contributed by atoms with Gasteiger partial charge in [0.25, 0.3) is 0 Å². The second-order valence-electron chi connectivity index (χ2n) is 8.33. The van der Waals surface area contributed by atoms with Crippen molar-refractivity contribution in [3.05, 3.63) is 65.2 Å². The van der Waals surface area contributed by atoms with E-state index in [-0.39, 0.29) is 18.5 Å². The lowest BCUT2D eigenvalue weighted by Crippen LogP contribution is -2.54. The van der Waals surface area contributed by atoms with Crippen molar-refractivity contribution in [3.8, 4) is 0 Å². The second-order valence-corrected chi connectivity index (χ2v) is 10.8.